The van der Waals surface area contributed by atoms with Gasteiger partial charge in [-0.2, -0.15) is 0 Å². The number of likely N-dealkylation sites (tertiary alicyclic amines) is 1. The van der Waals surface area contributed by atoms with Gasteiger partial charge in [0.1, 0.15) is 0 Å². The van der Waals surface area contributed by atoms with Gasteiger partial charge in [0.15, 0.2) is 10.4 Å². The molecular weight excluding hydrogens is 446 g/mol. The SMILES string of the molecule is CCN1CCC(N(C(=O)Cc2ccc(NC(=O)c3ccc(Br)o3)cc2)C2CC2)CC1. The molecule has 1 aromatic heterocycles. The second-order valence-electron chi connectivity index (χ2n) is 8.13. The van der Waals surface area contributed by atoms with E-state index in [0.717, 1.165) is 50.9 Å². The zero-order chi connectivity index (χ0) is 21.1. The molecule has 0 atom stereocenters. The monoisotopic (exact) mass is 473 g/mol. The third-order valence-corrected chi connectivity index (χ3v) is 6.42. The summed E-state index contributed by atoms with van der Waals surface area (Å²) in [7, 11) is 0. The normalized spacial score (nSPS) is 17.7. The molecule has 4 rings (SSSR count). The molecule has 1 saturated carbocycles. The lowest BCUT2D eigenvalue weighted by Gasteiger charge is -2.38. The molecule has 30 heavy (non-hydrogen) atoms. The number of piperidine rings is 1. The Morgan fingerprint density at radius 3 is 2.30 bits per heavy atom. The molecule has 6 nitrogen and oxygen atoms in total. The van der Waals surface area contributed by atoms with Crippen molar-refractivity contribution < 1.29 is 14.0 Å². The third-order valence-electron chi connectivity index (χ3n) is 5.99. The molecule has 1 N–H and O–H groups in total. The molecule has 2 fully saturated rings. The van der Waals surface area contributed by atoms with Crippen LogP contribution in [0.5, 0.6) is 0 Å². The van der Waals surface area contributed by atoms with Crippen molar-refractivity contribution >= 4 is 33.4 Å². The Morgan fingerprint density at radius 2 is 1.73 bits per heavy atom. The number of amides is 2. The van der Waals surface area contributed by atoms with Crippen LogP contribution in [0, 0.1) is 0 Å². The Morgan fingerprint density at radius 1 is 1.07 bits per heavy atom. The Labute approximate surface area is 185 Å². The van der Waals surface area contributed by atoms with Crippen LogP contribution in [-0.2, 0) is 11.2 Å². The van der Waals surface area contributed by atoms with Crippen molar-refractivity contribution in [3.63, 3.8) is 0 Å². The number of carbonyl (C=O) groups excluding carboxylic acids is 2. The zero-order valence-electron chi connectivity index (χ0n) is 17.3. The molecule has 0 bridgehead atoms. The number of nitrogens with zero attached hydrogens (tertiary/aromatic N) is 2. The van der Waals surface area contributed by atoms with Gasteiger partial charge < -0.3 is 19.5 Å². The Balaban J connectivity index is 1.35. The first-order chi connectivity index (χ1) is 14.5. The van der Waals surface area contributed by atoms with Gasteiger partial charge >= 0.3 is 0 Å². The van der Waals surface area contributed by atoms with Gasteiger partial charge in [0.2, 0.25) is 5.91 Å². The van der Waals surface area contributed by atoms with E-state index in [1.54, 1.807) is 12.1 Å². The van der Waals surface area contributed by atoms with E-state index < -0.39 is 0 Å². The highest BCUT2D eigenvalue weighted by molar-refractivity contribution is 9.10. The van der Waals surface area contributed by atoms with Crippen molar-refractivity contribution in [1.29, 1.82) is 0 Å². The van der Waals surface area contributed by atoms with E-state index in [2.05, 4.69) is 38.0 Å². The first-order valence-electron chi connectivity index (χ1n) is 10.7. The molecule has 2 aromatic rings. The van der Waals surface area contributed by atoms with Crippen molar-refractivity contribution in [1.82, 2.24) is 9.80 Å². The molecule has 160 valence electrons. The predicted octanol–water partition coefficient (Wildman–Crippen LogP) is 4.31. The molecule has 0 radical (unpaired) electrons. The van der Waals surface area contributed by atoms with E-state index >= 15 is 0 Å². The lowest BCUT2D eigenvalue weighted by Crippen LogP contribution is -2.48. The van der Waals surface area contributed by atoms with Crippen LogP contribution in [0.25, 0.3) is 0 Å². The topological polar surface area (TPSA) is 65.8 Å². The number of hydrogen-bond donors (Lipinski definition) is 1. The second kappa shape index (κ2) is 9.35. The average molecular weight is 474 g/mol. The van der Waals surface area contributed by atoms with Gasteiger partial charge in [-0.3, -0.25) is 9.59 Å². The smallest absolute Gasteiger partial charge is 0.291 e. The minimum absolute atomic E-state index is 0.227. The maximum absolute atomic E-state index is 13.1. The highest BCUT2D eigenvalue weighted by atomic mass is 79.9. The van der Waals surface area contributed by atoms with E-state index in [1.807, 2.05) is 24.3 Å². The summed E-state index contributed by atoms with van der Waals surface area (Å²) in [6.45, 7) is 5.45. The number of hydrogen-bond acceptors (Lipinski definition) is 4. The molecule has 1 aliphatic carbocycles. The van der Waals surface area contributed by atoms with Crippen LogP contribution < -0.4 is 5.32 Å². The van der Waals surface area contributed by atoms with Gasteiger partial charge in [0.25, 0.3) is 5.91 Å². The van der Waals surface area contributed by atoms with E-state index in [9.17, 15) is 9.59 Å². The van der Waals surface area contributed by atoms with Crippen molar-refractivity contribution in [3.05, 3.63) is 52.4 Å². The number of furan rings is 1. The highest BCUT2D eigenvalue weighted by Crippen LogP contribution is 2.32. The maximum atomic E-state index is 13.1. The van der Waals surface area contributed by atoms with Crippen molar-refractivity contribution in [2.24, 2.45) is 0 Å². The molecule has 0 unspecified atom stereocenters. The van der Waals surface area contributed by atoms with E-state index in [4.69, 9.17) is 4.42 Å². The van der Waals surface area contributed by atoms with Crippen LogP contribution in [0.3, 0.4) is 0 Å². The van der Waals surface area contributed by atoms with E-state index in [0.29, 0.717) is 28.9 Å². The fourth-order valence-electron chi connectivity index (χ4n) is 4.17. The molecule has 1 aromatic carbocycles. The lowest BCUT2D eigenvalue weighted by atomic mass is 10.0. The molecule has 2 heterocycles. The van der Waals surface area contributed by atoms with Crippen LogP contribution >= 0.6 is 15.9 Å². The minimum atomic E-state index is -0.303. The first-order valence-corrected chi connectivity index (χ1v) is 11.5. The number of nitrogens with one attached hydrogen (secondary N) is 1. The maximum Gasteiger partial charge on any atom is 0.291 e. The predicted molar refractivity (Wildman–Crippen MR) is 120 cm³/mol. The summed E-state index contributed by atoms with van der Waals surface area (Å²) in [5, 5.41) is 2.81. The van der Waals surface area contributed by atoms with Gasteiger partial charge in [0.05, 0.1) is 6.42 Å². The van der Waals surface area contributed by atoms with Crippen molar-refractivity contribution in [2.45, 2.75) is 51.1 Å². The van der Waals surface area contributed by atoms with Crippen LogP contribution in [0.2, 0.25) is 0 Å². The fraction of sp³-hybridized carbons (Fsp3) is 0.478. The van der Waals surface area contributed by atoms with E-state index in [-0.39, 0.29) is 17.6 Å². The second-order valence-corrected chi connectivity index (χ2v) is 8.91. The minimum Gasteiger partial charge on any atom is -0.444 e. The summed E-state index contributed by atoms with van der Waals surface area (Å²) in [5.41, 5.74) is 1.64. The van der Waals surface area contributed by atoms with E-state index in [1.165, 1.54) is 0 Å². The van der Waals surface area contributed by atoms with Crippen molar-refractivity contribution in [3.8, 4) is 0 Å². The molecular formula is C23H28BrN3O3. The molecule has 1 saturated heterocycles. The summed E-state index contributed by atoms with van der Waals surface area (Å²) < 4.78 is 5.79. The molecule has 1 aliphatic heterocycles. The first kappa shape index (κ1) is 21.1. The summed E-state index contributed by atoms with van der Waals surface area (Å²) in [6.07, 6.45) is 4.82. The van der Waals surface area contributed by atoms with Gasteiger partial charge in [-0.1, -0.05) is 19.1 Å². The van der Waals surface area contributed by atoms with Crippen LogP contribution in [0.15, 0.2) is 45.5 Å². The number of benzene rings is 1. The lowest BCUT2D eigenvalue weighted by molar-refractivity contribution is -0.134. The average Bonchev–Trinajstić information content (AvgIpc) is 3.48. The Kier molecular flexibility index (Phi) is 6.58. The standard InChI is InChI=1S/C23H28BrN3O3/c1-2-26-13-11-19(12-14-26)27(18-7-8-18)22(28)15-16-3-5-17(6-4-16)25-23(29)20-9-10-21(24)30-20/h3-6,9-10,18-19H,2,7-8,11-15H2,1H3,(H,25,29). The molecule has 7 heteroatoms. The number of halogens is 1. The quantitative estimate of drug-likeness (QED) is 0.650. The van der Waals surface area contributed by atoms with Crippen LogP contribution in [0.4, 0.5) is 5.69 Å². The summed E-state index contributed by atoms with van der Waals surface area (Å²) in [4.78, 5) is 29.9. The summed E-state index contributed by atoms with van der Waals surface area (Å²) in [5.74, 6) is 0.169. The third kappa shape index (κ3) is 5.13. The number of anilines is 1. The summed E-state index contributed by atoms with van der Waals surface area (Å²) in [6, 6.07) is 11.6. The Bertz CT molecular complexity index is 883. The highest BCUT2D eigenvalue weighted by Gasteiger charge is 2.38. The van der Waals surface area contributed by atoms with Gasteiger partial charge in [0, 0.05) is 30.9 Å². The fourth-order valence-corrected chi connectivity index (χ4v) is 4.48. The summed E-state index contributed by atoms with van der Waals surface area (Å²) >= 11 is 3.19. The van der Waals surface area contributed by atoms with Gasteiger partial charge in [-0.25, -0.2) is 0 Å². The molecule has 2 aliphatic rings. The number of carbonyl (C=O) groups is 2. The Hall–Kier alpha value is -2.12. The van der Waals surface area contributed by atoms with Gasteiger partial charge in [-0.15, -0.1) is 0 Å². The zero-order valence-corrected chi connectivity index (χ0v) is 18.9. The number of rotatable bonds is 7. The molecule has 2 amide bonds. The van der Waals surface area contributed by atoms with Crippen molar-refractivity contribution in [2.75, 3.05) is 25.0 Å². The van der Waals surface area contributed by atoms with Gasteiger partial charge in [-0.05, 0) is 78.0 Å². The van der Waals surface area contributed by atoms with Crippen LogP contribution in [-0.4, -0.2) is 53.3 Å². The molecule has 0 spiro atoms. The van der Waals surface area contributed by atoms with Crippen LogP contribution in [0.1, 0.15) is 48.7 Å². The largest absolute Gasteiger partial charge is 0.444 e.